The first-order chi connectivity index (χ1) is 9.83. The van der Waals surface area contributed by atoms with Crippen molar-refractivity contribution in [2.45, 2.75) is 32.8 Å². The Morgan fingerprint density at radius 2 is 1.95 bits per heavy atom. The lowest BCUT2D eigenvalue weighted by Crippen LogP contribution is -2.35. The second kappa shape index (κ2) is 6.26. The van der Waals surface area contributed by atoms with Crippen molar-refractivity contribution in [3.63, 3.8) is 0 Å². The molecule has 1 N–H and O–H groups in total. The van der Waals surface area contributed by atoms with Gasteiger partial charge in [-0.1, -0.05) is 18.2 Å². The number of rotatable bonds is 4. The molecule has 1 heterocycles. The van der Waals surface area contributed by atoms with E-state index in [9.17, 15) is 9.59 Å². The van der Waals surface area contributed by atoms with Crippen molar-refractivity contribution in [1.29, 1.82) is 0 Å². The molecule has 2 rings (SSSR count). The van der Waals surface area contributed by atoms with E-state index in [4.69, 9.17) is 4.74 Å². The molecular formula is C16H19NO3S. The molecule has 112 valence electrons. The van der Waals surface area contributed by atoms with E-state index in [2.05, 4.69) is 5.32 Å². The molecule has 1 aromatic carbocycles. The summed E-state index contributed by atoms with van der Waals surface area (Å²) < 4.78 is 6.25. The number of benzene rings is 1. The SMILES string of the molecule is CC(C)(C)OC(=O)NCC(=O)Cc1cc2ccccc2s1. The molecule has 2 aromatic rings. The fourth-order valence-electron chi connectivity index (χ4n) is 1.87. The van der Waals surface area contributed by atoms with Gasteiger partial charge >= 0.3 is 6.09 Å². The zero-order valence-electron chi connectivity index (χ0n) is 12.4. The number of alkyl carbamates (subject to hydrolysis) is 1. The average molecular weight is 305 g/mol. The standard InChI is InChI=1S/C16H19NO3S/c1-16(2,3)20-15(19)17-10-12(18)9-13-8-11-6-4-5-7-14(11)21-13/h4-8H,9-10H2,1-3H3,(H,17,19). The third-order valence-electron chi connectivity index (χ3n) is 2.68. The van der Waals surface area contributed by atoms with Gasteiger partial charge in [-0.05, 0) is 38.3 Å². The van der Waals surface area contributed by atoms with Gasteiger partial charge in [0, 0.05) is 16.0 Å². The molecule has 0 unspecified atom stereocenters. The predicted molar refractivity (Wildman–Crippen MR) is 84.8 cm³/mol. The Kier molecular flexibility index (Phi) is 4.63. The minimum atomic E-state index is -0.563. The average Bonchev–Trinajstić information content (AvgIpc) is 2.76. The number of fused-ring (bicyclic) bond motifs is 1. The number of thiophene rings is 1. The van der Waals surface area contributed by atoms with Crippen LogP contribution >= 0.6 is 11.3 Å². The van der Waals surface area contributed by atoms with Crippen molar-refractivity contribution >= 4 is 33.3 Å². The summed E-state index contributed by atoms with van der Waals surface area (Å²) in [5.41, 5.74) is -0.557. The monoisotopic (exact) mass is 305 g/mol. The van der Waals surface area contributed by atoms with Gasteiger partial charge in [-0.25, -0.2) is 4.79 Å². The Labute approximate surface area is 128 Å². The predicted octanol–water partition coefficient (Wildman–Crippen LogP) is 3.54. The van der Waals surface area contributed by atoms with Crippen molar-refractivity contribution < 1.29 is 14.3 Å². The third-order valence-corrected chi connectivity index (χ3v) is 3.79. The smallest absolute Gasteiger partial charge is 0.408 e. The molecule has 0 aliphatic heterocycles. The van der Waals surface area contributed by atoms with Gasteiger partial charge < -0.3 is 10.1 Å². The highest BCUT2D eigenvalue weighted by atomic mass is 32.1. The van der Waals surface area contributed by atoms with Crippen molar-refractivity contribution in [1.82, 2.24) is 5.32 Å². The number of ether oxygens (including phenoxy) is 1. The number of amides is 1. The van der Waals surface area contributed by atoms with Crippen LogP contribution in [0.4, 0.5) is 4.79 Å². The van der Waals surface area contributed by atoms with Gasteiger partial charge in [0.2, 0.25) is 0 Å². The van der Waals surface area contributed by atoms with Crippen LogP contribution in [0.1, 0.15) is 25.6 Å². The molecule has 21 heavy (non-hydrogen) atoms. The molecule has 1 amide bonds. The lowest BCUT2D eigenvalue weighted by molar-refractivity contribution is -0.117. The van der Waals surface area contributed by atoms with Crippen LogP contribution in [-0.4, -0.2) is 24.0 Å². The Bertz CT molecular complexity index is 622. The summed E-state index contributed by atoms with van der Waals surface area (Å²) in [6.45, 7) is 5.34. The molecule has 0 saturated carbocycles. The zero-order valence-corrected chi connectivity index (χ0v) is 13.3. The van der Waals surface area contributed by atoms with E-state index in [-0.39, 0.29) is 12.3 Å². The first kappa shape index (κ1) is 15.5. The maximum absolute atomic E-state index is 11.9. The quantitative estimate of drug-likeness (QED) is 0.940. The van der Waals surface area contributed by atoms with Gasteiger partial charge in [0.1, 0.15) is 5.60 Å². The van der Waals surface area contributed by atoms with Gasteiger partial charge in [0.15, 0.2) is 5.78 Å². The van der Waals surface area contributed by atoms with Crippen molar-refractivity contribution in [2.75, 3.05) is 6.54 Å². The lowest BCUT2D eigenvalue weighted by Gasteiger charge is -2.19. The van der Waals surface area contributed by atoms with E-state index in [0.717, 1.165) is 10.3 Å². The van der Waals surface area contributed by atoms with Gasteiger partial charge in [-0.3, -0.25) is 4.79 Å². The Morgan fingerprint density at radius 1 is 1.24 bits per heavy atom. The van der Waals surface area contributed by atoms with Gasteiger partial charge in [-0.15, -0.1) is 11.3 Å². The van der Waals surface area contributed by atoms with Crippen LogP contribution in [0, 0.1) is 0 Å². The summed E-state index contributed by atoms with van der Waals surface area (Å²) in [7, 11) is 0. The van der Waals surface area contributed by atoms with E-state index >= 15 is 0 Å². The van der Waals surface area contributed by atoms with Crippen LogP contribution in [0.5, 0.6) is 0 Å². The maximum atomic E-state index is 11.9. The highest BCUT2D eigenvalue weighted by Gasteiger charge is 2.16. The largest absolute Gasteiger partial charge is 0.444 e. The second-order valence-electron chi connectivity index (χ2n) is 5.82. The fourth-order valence-corrected chi connectivity index (χ4v) is 2.96. The van der Waals surface area contributed by atoms with Gasteiger partial charge in [0.25, 0.3) is 0 Å². The van der Waals surface area contributed by atoms with E-state index in [0.29, 0.717) is 6.42 Å². The molecule has 0 saturated heterocycles. The summed E-state index contributed by atoms with van der Waals surface area (Å²) in [6.07, 6.45) is -0.234. The Morgan fingerprint density at radius 3 is 2.62 bits per heavy atom. The molecule has 0 spiro atoms. The van der Waals surface area contributed by atoms with E-state index in [1.54, 1.807) is 32.1 Å². The number of hydrogen-bond acceptors (Lipinski definition) is 4. The number of nitrogens with one attached hydrogen (secondary N) is 1. The number of ketones is 1. The minimum absolute atomic E-state index is 0.0108. The van der Waals surface area contributed by atoms with Gasteiger partial charge in [0.05, 0.1) is 6.54 Å². The topological polar surface area (TPSA) is 55.4 Å². The summed E-state index contributed by atoms with van der Waals surface area (Å²) >= 11 is 1.61. The first-order valence-electron chi connectivity index (χ1n) is 6.79. The summed E-state index contributed by atoms with van der Waals surface area (Å²) in [6, 6.07) is 10.0. The summed E-state index contributed by atoms with van der Waals surface area (Å²) in [5.74, 6) is -0.0348. The molecule has 4 nitrogen and oxygen atoms in total. The number of carbonyl (C=O) groups excluding carboxylic acids is 2. The number of hydrogen-bond donors (Lipinski definition) is 1. The summed E-state index contributed by atoms with van der Waals surface area (Å²) in [4.78, 5) is 24.4. The Balaban J connectivity index is 1.86. The van der Waals surface area contributed by atoms with E-state index in [1.807, 2.05) is 30.3 Å². The Hall–Kier alpha value is -1.88. The van der Waals surface area contributed by atoms with E-state index < -0.39 is 11.7 Å². The normalized spacial score (nSPS) is 11.4. The van der Waals surface area contributed by atoms with Crippen LogP contribution in [0.25, 0.3) is 10.1 Å². The maximum Gasteiger partial charge on any atom is 0.408 e. The van der Waals surface area contributed by atoms with E-state index in [1.165, 1.54) is 4.70 Å². The molecule has 0 aliphatic rings. The molecule has 5 heteroatoms. The van der Waals surface area contributed by atoms with Crippen LogP contribution < -0.4 is 5.32 Å². The van der Waals surface area contributed by atoms with Crippen LogP contribution in [0.15, 0.2) is 30.3 Å². The van der Waals surface area contributed by atoms with Crippen molar-refractivity contribution in [3.05, 3.63) is 35.2 Å². The molecule has 0 atom stereocenters. The molecule has 0 radical (unpaired) electrons. The highest BCUT2D eigenvalue weighted by Crippen LogP contribution is 2.25. The molecule has 1 aromatic heterocycles. The zero-order chi connectivity index (χ0) is 15.5. The van der Waals surface area contributed by atoms with Crippen LogP contribution in [0.3, 0.4) is 0 Å². The van der Waals surface area contributed by atoms with Gasteiger partial charge in [-0.2, -0.15) is 0 Å². The molecular weight excluding hydrogens is 286 g/mol. The van der Waals surface area contributed by atoms with Crippen LogP contribution in [0.2, 0.25) is 0 Å². The second-order valence-corrected chi connectivity index (χ2v) is 6.99. The molecule has 0 fully saturated rings. The van der Waals surface area contributed by atoms with Crippen molar-refractivity contribution in [2.24, 2.45) is 0 Å². The van der Waals surface area contributed by atoms with Crippen LogP contribution in [-0.2, 0) is 16.0 Å². The highest BCUT2D eigenvalue weighted by molar-refractivity contribution is 7.19. The fraction of sp³-hybridized carbons (Fsp3) is 0.375. The minimum Gasteiger partial charge on any atom is -0.444 e. The summed E-state index contributed by atoms with van der Waals surface area (Å²) in [5, 5.41) is 3.63. The molecule has 0 aliphatic carbocycles. The molecule has 0 bridgehead atoms. The first-order valence-corrected chi connectivity index (χ1v) is 7.61. The number of Topliss-reactive ketones (excluding diaryl/α,β-unsaturated/α-hetero) is 1. The lowest BCUT2D eigenvalue weighted by atomic mass is 10.2. The van der Waals surface area contributed by atoms with Crippen molar-refractivity contribution in [3.8, 4) is 0 Å². The number of carbonyl (C=O) groups is 2. The third kappa shape index (κ3) is 4.86.